The Hall–Kier alpha value is -3.02. The number of nitrogens with one attached hydrogen (secondary N) is 2. The molecule has 6 rings (SSSR count). The summed E-state index contributed by atoms with van der Waals surface area (Å²) in [5.41, 5.74) is 4.46. The van der Waals surface area contributed by atoms with E-state index in [9.17, 15) is 16.8 Å². The van der Waals surface area contributed by atoms with Crippen molar-refractivity contribution in [3.63, 3.8) is 0 Å². The fraction of sp³-hybridized carbons (Fsp3) is 0.385. The Labute approximate surface area is 252 Å². The largest absolute Gasteiger partial charge is 0.370 e. The molecular formula is C26H32N6O6S4. The van der Waals surface area contributed by atoms with Gasteiger partial charge in [0.25, 0.3) is 20.2 Å². The first kappa shape index (κ1) is 31.9. The zero-order valence-electron chi connectivity index (χ0n) is 23.1. The van der Waals surface area contributed by atoms with Gasteiger partial charge in [0.2, 0.25) is 0 Å². The summed E-state index contributed by atoms with van der Waals surface area (Å²) < 4.78 is 54.2. The summed E-state index contributed by atoms with van der Waals surface area (Å²) in [4.78, 5) is 18.9. The lowest BCUT2D eigenvalue weighted by atomic mass is 10.1. The van der Waals surface area contributed by atoms with Gasteiger partial charge in [0.15, 0.2) is 0 Å². The van der Waals surface area contributed by atoms with Crippen molar-refractivity contribution in [3.8, 4) is 0 Å². The standard InChI is InChI=1S/C24H24N6S2.2CH4O3S/c1-9-25-23(26-10-1)15-3-5-17-19(13-15)31-21(29-17)7-8-22-30-18-6-4-16(14-20(18)32-22)24-27-11-2-12-28-24;2*1-5(2,3)4/h3-6,13-14H,1-2,7-12H2,(H,25,26)(H,27,28);2*1H3,(H,2,3,4). The van der Waals surface area contributed by atoms with Crippen LogP contribution in [0.5, 0.6) is 0 Å². The smallest absolute Gasteiger partial charge is 0.261 e. The van der Waals surface area contributed by atoms with Gasteiger partial charge in [-0.3, -0.25) is 19.1 Å². The first-order valence-electron chi connectivity index (χ1n) is 13.0. The number of hydrogen-bond donors (Lipinski definition) is 4. The number of aliphatic imine (C=N–C) groups is 2. The average molecular weight is 653 g/mol. The van der Waals surface area contributed by atoms with Crippen LogP contribution in [0.15, 0.2) is 46.4 Å². The molecular weight excluding hydrogens is 621 g/mol. The van der Waals surface area contributed by atoms with Crippen LogP contribution in [0.3, 0.4) is 0 Å². The summed E-state index contributed by atoms with van der Waals surface area (Å²) in [6.07, 6.45) is 5.47. The number of rotatable bonds is 5. The fourth-order valence-corrected chi connectivity index (χ4v) is 6.13. The van der Waals surface area contributed by atoms with E-state index in [0.29, 0.717) is 12.5 Å². The molecule has 0 spiro atoms. The lowest BCUT2D eigenvalue weighted by molar-refractivity contribution is 0.488. The highest BCUT2D eigenvalue weighted by Crippen LogP contribution is 2.28. The minimum atomic E-state index is -3.67. The maximum Gasteiger partial charge on any atom is 0.261 e. The van der Waals surface area contributed by atoms with Gasteiger partial charge in [-0.1, -0.05) is 0 Å². The van der Waals surface area contributed by atoms with Crippen molar-refractivity contribution in [2.24, 2.45) is 9.98 Å². The third kappa shape index (κ3) is 10.4. The Balaban J connectivity index is 0.000000352. The molecule has 4 heterocycles. The van der Waals surface area contributed by atoms with Gasteiger partial charge in [-0.2, -0.15) is 16.8 Å². The highest BCUT2D eigenvalue weighted by molar-refractivity contribution is 7.85. The van der Waals surface area contributed by atoms with Crippen LogP contribution in [-0.2, 0) is 33.1 Å². The third-order valence-electron chi connectivity index (χ3n) is 5.76. The van der Waals surface area contributed by atoms with E-state index in [1.165, 1.54) is 9.40 Å². The molecule has 0 amide bonds. The van der Waals surface area contributed by atoms with Crippen molar-refractivity contribution in [2.75, 3.05) is 38.7 Å². The number of benzene rings is 2. The number of hydrogen-bond acceptors (Lipinski definition) is 12. The molecule has 0 bridgehead atoms. The maximum absolute atomic E-state index is 9.19. The van der Waals surface area contributed by atoms with Gasteiger partial charge in [0.05, 0.1) is 43.0 Å². The zero-order chi connectivity index (χ0) is 30.3. The summed E-state index contributed by atoms with van der Waals surface area (Å²) in [5.74, 6) is 2.02. The van der Waals surface area contributed by atoms with Crippen LogP contribution in [-0.4, -0.2) is 86.3 Å². The summed E-state index contributed by atoms with van der Waals surface area (Å²) in [7, 11) is -7.33. The Kier molecular flexibility index (Phi) is 10.6. The molecule has 42 heavy (non-hydrogen) atoms. The SMILES string of the molecule is CS(=O)(=O)O.CS(=O)(=O)O.c1cc2nc(CCc3nc4ccc(C5=NCCCN5)cc4s3)sc2cc1C1=NCCCN1. The fourth-order valence-electron chi connectivity index (χ4n) is 4.12. The number of aryl methyl sites for hydroxylation is 2. The van der Waals surface area contributed by atoms with E-state index in [1.807, 2.05) is 0 Å². The molecule has 0 saturated carbocycles. The van der Waals surface area contributed by atoms with Gasteiger partial charge in [0, 0.05) is 50.1 Å². The van der Waals surface area contributed by atoms with E-state index < -0.39 is 20.2 Å². The molecule has 4 N–H and O–H groups in total. The van der Waals surface area contributed by atoms with Crippen LogP contribution < -0.4 is 10.6 Å². The lowest BCUT2D eigenvalue weighted by Crippen LogP contribution is -2.30. The van der Waals surface area contributed by atoms with Crippen molar-refractivity contribution >= 4 is 75.0 Å². The number of amidine groups is 2. The van der Waals surface area contributed by atoms with Crippen molar-refractivity contribution in [2.45, 2.75) is 25.7 Å². The summed E-state index contributed by atoms with van der Waals surface area (Å²) in [5, 5.41) is 9.14. The van der Waals surface area contributed by atoms with Gasteiger partial charge in [-0.15, -0.1) is 22.7 Å². The van der Waals surface area contributed by atoms with E-state index >= 15 is 0 Å². The number of nitrogens with zero attached hydrogens (tertiary/aromatic N) is 4. The Morgan fingerprint density at radius 2 is 1.10 bits per heavy atom. The van der Waals surface area contributed by atoms with Crippen LogP contribution in [0.2, 0.25) is 0 Å². The minimum absolute atomic E-state index is 0.715. The number of aromatic nitrogens is 2. The highest BCUT2D eigenvalue weighted by atomic mass is 32.2. The Bertz CT molecular complexity index is 1680. The monoisotopic (exact) mass is 652 g/mol. The first-order chi connectivity index (χ1) is 19.8. The van der Waals surface area contributed by atoms with E-state index in [4.69, 9.17) is 19.1 Å². The molecule has 0 atom stereocenters. The molecule has 0 aliphatic carbocycles. The number of fused-ring (bicyclic) bond motifs is 2. The second kappa shape index (κ2) is 14.0. The van der Waals surface area contributed by atoms with Crippen molar-refractivity contribution in [1.82, 2.24) is 20.6 Å². The normalized spacial score (nSPS) is 15.3. The molecule has 226 valence electrons. The van der Waals surface area contributed by atoms with Crippen LogP contribution in [0.4, 0.5) is 0 Å². The summed E-state index contributed by atoms with van der Waals surface area (Å²) in [6.45, 7) is 3.81. The highest BCUT2D eigenvalue weighted by Gasteiger charge is 2.13. The van der Waals surface area contributed by atoms with Gasteiger partial charge in [-0.25, -0.2) is 9.97 Å². The predicted molar refractivity (Wildman–Crippen MR) is 170 cm³/mol. The molecule has 4 aromatic rings. The molecule has 16 heteroatoms. The molecule has 2 aliphatic rings. The second-order valence-corrected chi connectivity index (χ2v) is 14.7. The minimum Gasteiger partial charge on any atom is -0.370 e. The zero-order valence-corrected chi connectivity index (χ0v) is 26.3. The van der Waals surface area contributed by atoms with Crippen molar-refractivity contribution < 1.29 is 25.9 Å². The van der Waals surface area contributed by atoms with Crippen molar-refractivity contribution in [3.05, 3.63) is 57.5 Å². The van der Waals surface area contributed by atoms with Gasteiger partial charge in [-0.05, 0) is 49.2 Å². The van der Waals surface area contributed by atoms with E-state index in [-0.39, 0.29) is 0 Å². The number of thiazole rings is 2. The van der Waals surface area contributed by atoms with Crippen LogP contribution >= 0.6 is 22.7 Å². The van der Waals surface area contributed by atoms with E-state index in [0.717, 1.165) is 95.7 Å². The topological polar surface area (TPSA) is 183 Å². The molecule has 12 nitrogen and oxygen atoms in total. The van der Waals surface area contributed by atoms with E-state index in [1.54, 1.807) is 22.7 Å². The molecule has 2 aromatic heterocycles. The third-order valence-corrected chi connectivity index (χ3v) is 7.92. The van der Waals surface area contributed by atoms with E-state index in [2.05, 4.69) is 57.0 Å². The predicted octanol–water partition coefficient (Wildman–Crippen LogP) is 3.18. The van der Waals surface area contributed by atoms with Crippen LogP contribution in [0, 0.1) is 0 Å². The lowest BCUT2D eigenvalue weighted by Gasteiger charge is -2.14. The second-order valence-electron chi connectivity index (χ2n) is 9.57. The molecule has 0 radical (unpaired) electrons. The summed E-state index contributed by atoms with van der Waals surface area (Å²) >= 11 is 3.56. The van der Waals surface area contributed by atoms with Gasteiger partial charge < -0.3 is 10.6 Å². The van der Waals surface area contributed by atoms with Crippen molar-refractivity contribution in [1.29, 1.82) is 0 Å². The Morgan fingerprint density at radius 3 is 1.43 bits per heavy atom. The van der Waals surface area contributed by atoms with Gasteiger partial charge in [0.1, 0.15) is 11.7 Å². The molecule has 2 aromatic carbocycles. The molecule has 0 unspecified atom stereocenters. The molecule has 0 saturated heterocycles. The molecule has 0 fully saturated rings. The molecule has 2 aliphatic heterocycles. The van der Waals surface area contributed by atoms with Gasteiger partial charge >= 0.3 is 0 Å². The quantitative estimate of drug-likeness (QED) is 0.234. The van der Waals surface area contributed by atoms with Crippen LogP contribution in [0.1, 0.15) is 34.0 Å². The first-order valence-corrected chi connectivity index (χ1v) is 18.4. The average Bonchev–Trinajstić information content (AvgIpc) is 3.53. The Morgan fingerprint density at radius 1 is 0.714 bits per heavy atom. The maximum atomic E-state index is 9.19. The summed E-state index contributed by atoms with van der Waals surface area (Å²) in [6, 6.07) is 12.9. The van der Waals surface area contributed by atoms with Crippen LogP contribution in [0.25, 0.3) is 20.4 Å².